The zero-order chi connectivity index (χ0) is 21.0. The molecule has 2 amide bonds. The van der Waals surface area contributed by atoms with Gasteiger partial charge in [0.15, 0.2) is 0 Å². The molecule has 0 bridgehead atoms. The Bertz CT molecular complexity index is 991. The maximum Gasteiger partial charge on any atom is 0.269 e. The Hall–Kier alpha value is -2.78. The topological polar surface area (TPSA) is 95.6 Å². The summed E-state index contributed by atoms with van der Waals surface area (Å²) < 4.78 is 39.8. The van der Waals surface area contributed by atoms with Crippen molar-refractivity contribution in [3.8, 4) is 0 Å². The summed E-state index contributed by atoms with van der Waals surface area (Å²) in [5, 5.41) is 0. The molecule has 0 radical (unpaired) electrons. The Morgan fingerprint density at radius 3 is 2.34 bits per heavy atom. The highest BCUT2D eigenvalue weighted by Crippen LogP contribution is 2.24. The first-order chi connectivity index (χ1) is 13.8. The Balaban J connectivity index is 1.61. The van der Waals surface area contributed by atoms with Gasteiger partial charge in [-0.3, -0.25) is 20.4 Å². The van der Waals surface area contributed by atoms with Crippen LogP contribution in [0, 0.1) is 18.7 Å². The predicted octanol–water partition coefficient (Wildman–Crippen LogP) is 2.00. The molecule has 1 aliphatic rings. The van der Waals surface area contributed by atoms with E-state index in [2.05, 4.69) is 10.9 Å². The second kappa shape index (κ2) is 8.71. The average Bonchev–Trinajstić information content (AvgIpc) is 2.72. The van der Waals surface area contributed by atoms with Crippen LogP contribution in [0.3, 0.4) is 0 Å². The van der Waals surface area contributed by atoms with Crippen LogP contribution in [0.25, 0.3) is 0 Å². The maximum atomic E-state index is 13.1. The number of sulfonamides is 1. The summed E-state index contributed by atoms with van der Waals surface area (Å²) in [7, 11) is -3.82. The van der Waals surface area contributed by atoms with Crippen LogP contribution in [-0.2, 0) is 14.8 Å². The summed E-state index contributed by atoms with van der Waals surface area (Å²) in [6.45, 7) is 2.17. The fourth-order valence-corrected chi connectivity index (χ4v) is 4.65. The van der Waals surface area contributed by atoms with E-state index < -0.39 is 33.6 Å². The number of carbonyl (C=O) groups excluding carboxylic acids is 2. The monoisotopic (exact) mass is 419 g/mol. The third-order valence-electron chi connectivity index (χ3n) is 4.82. The predicted molar refractivity (Wildman–Crippen MR) is 105 cm³/mol. The first-order valence-electron chi connectivity index (χ1n) is 9.20. The third kappa shape index (κ3) is 4.99. The van der Waals surface area contributed by atoms with Gasteiger partial charge in [-0.1, -0.05) is 17.7 Å². The van der Waals surface area contributed by atoms with Crippen LogP contribution in [-0.4, -0.2) is 37.6 Å². The molecule has 0 spiro atoms. The van der Waals surface area contributed by atoms with Gasteiger partial charge in [0.1, 0.15) is 5.82 Å². The number of halogens is 1. The third-order valence-corrected chi connectivity index (χ3v) is 6.70. The first kappa shape index (κ1) is 20.9. The second-order valence-corrected chi connectivity index (χ2v) is 8.90. The molecular formula is C20H22FN3O4S. The Kier molecular flexibility index (Phi) is 6.29. The van der Waals surface area contributed by atoms with Crippen molar-refractivity contribution in [1.82, 2.24) is 15.2 Å². The van der Waals surface area contributed by atoms with Gasteiger partial charge in [-0.05, 0) is 56.2 Å². The number of hydrogen-bond acceptors (Lipinski definition) is 4. The molecule has 3 rings (SSSR count). The minimum Gasteiger partial charge on any atom is -0.273 e. The van der Waals surface area contributed by atoms with Crippen molar-refractivity contribution in [2.75, 3.05) is 13.1 Å². The van der Waals surface area contributed by atoms with Gasteiger partial charge in [0.05, 0.1) is 10.8 Å². The lowest BCUT2D eigenvalue weighted by atomic mass is 9.99. The molecule has 0 saturated carbocycles. The van der Waals surface area contributed by atoms with E-state index in [0.29, 0.717) is 18.4 Å². The van der Waals surface area contributed by atoms with Gasteiger partial charge in [0.25, 0.3) is 5.91 Å². The lowest BCUT2D eigenvalue weighted by Crippen LogP contribution is -2.50. The SMILES string of the molecule is Cc1ccc(C(=O)NNC(=O)[C@H]2CCCN(S(=O)(=O)c3ccc(F)cc3)C2)cc1. The van der Waals surface area contributed by atoms with E-state index in [0.717, 1.165) is 17.7 Å². The van der Waals surface area contributed by atoms with Crippen LogP contribution < -0.4 is 10.9 Å². The first-order valence-corrected chi connectivity index (χ1v) is 10.6. The molecule has 154 valence electrons. The molecule has 0 unspecified atom stereocenters. The largest absolute Gasteiger partial charge is 0.273 e. The van der Waals surface area contributed by atoms with Crippen molar-refractivity contribution in [3.63, 3.8) is 0 Å². The molecule has 1 atom stereocenters. The smallest absolute Gasteiger partial charge is 0.269 e. The van der Waals surface area contributed by atoms with E-state index in [1.807, 2.05) is 6.92 Å². The molecule has 1 fully saturated rings. The van der Waals surface area contributed by atoms with Gasteiger partial charge < -0.3 is 0 Å². The minimum absolute atomic E-state index is 0.00799. The van der Waals surface area contributed by atoms with Crippen molar-refractivity contribution in [2.45, 2.75) is 24.7 Å². The van der Waals surface area contributed by atoms with Crippen molar-refractivity contribution < 1.29 is 22.4 Å². The molecule has 1 saturated heterocycles. The average molecular weight is 419 g/mol. The Labute approximate surface area is 168 Å². The molecular weight excluding hydrogens is 397 g/mol. The van der Waals surface area contributed by atoms with E-state index in [1.165, 1.54) is 16.4 Å². The number of hydrazine groups is 1. The van der Waals surface area contributed by atoms with Crippen LogP contribution in [0.5, 0.6) is 0 Å². The fourth-order valence-electron chi connectivity index (χ4n) is 3.13. The molecule has 2 aromatic carbocycles. The van der Waals surface area contributed by atoms with Gasteiger partial charge in [0.2, 0.25) is 15.9 Å². The number of hydrogen-bond donors (Lipinski definition) is 2. The van der Waals surface area contributed by atoms with Gasteiger partial charge in [0, 0.05) is 18.7 Å². The zero-order valence-corrected chi connectivity index (χ0v) is 16.7. The molecule has 9 heteroatoms. The van der Waals surface area contributed by atoms with Gasteiger partial charge in [-0.2, -0.15) is 4.31 Å². The Morgan fingerprint density at radius 2 is 1.69 bits per heavy atom. The summed E-state index contributed by atoms with van der Waals surface area (Å²) in [6, 6.07) is 11.4. The molecule has 7 nitrogen and oxygen atoms in total. The lowest BCUT2D eigenvalue weighted by molar-refractivity contribution is -0.126. The molecule has 1 heterocycles. The van der Waals surface area contributed by atoms with Crippen LogP contribution in [0.4, 0.5) is 4.39 Å². The number of nitrogens with one attached hydrogen (secondary N) is 2. The number of piperidine rings is 1. The molecule has 0 aromatic heterocycles. The zero-order valence-electron chi connectivity index (χ0n) is 15.9. The summed E-state index contributed by atoms with van der Waals surface area (Å²) in [4.78, 5) is 24.5. The second-order valence-electron chi connectivity index (χ2n) is 6.97. The van der Waals surface area contributed by atoms with Crippen LogP contribution in [0.15, 0.2) is 53.4 Å². The van der Waals surface area contributed by atoms with E-state index in [1.54, 1.807) is 24.3 Å². The molecule has 0 aliphatic carbocycles. The molecule has 2 N–H and O–H groups in total. The summed E-state index contributed by atoms with van der Waals surface area (Å²) in [5.41, 5.74) is 6.15. The van der Waals surface area contributed by atoms with Crippen LogP contribution in [0.1, 0.15) is 28.8 Å². The maximum absolute atomic E-state index is 13.1. The molecule has 1 aliphatic heterocycles. The van der Waals surface area contributed by atoms with Gasteiger partial charge in [-0.15, -0.1) is 0 Å². The lowest BCUT2D eigenvalue weighted by Gasteiger charge is -2.31. The van der Waals surface area contributed by atoms with Crippen molar-refractivity contribution in [2.24, 2.45) is 5.92 Å². The quantitative estimate of drug-likeness (QED) is 0.741. The summed E-state index contributed by atoms with van der Waals surface area (Å²) >= 11 is 0. The number of rotatable bonds is 4. The highest BCUT2D eigenvalue weighted by Gasteiger charge is 2.33. The van der Waals surface area contributed by atoms with Crippen LogP contribution in [0.2, 0.25) is 0 Å². The number of carbonyl (C=O) groups is 2. The van der Waals surface area contributed by atoms with Crippen molar-refractivity contribution >= 4 is 21.8 Å². The number of nitrogens with zero attached hydrogens (tertiary/aromatic N) is 1. The molecule has 29 heavy (non-hydrogen) atoms. The van der Waals surface area contributed by atoms with E-state index in [-0.39, 0.29) is 18.0 Å². The fraction of sp³-hybridized carbons (Fsp3) is 0.300. The van der Waals surface area contributed by atoms with Gasteiger partial charge >= 0.3 is 0 Å². The summed E-state index contributed by atoms with van der Waals surface area (Å²) in [5.74, 6) is -2.03. The normalized spacial score (nSPS) is 17.5. The van der Waals surface area contributed by atoms with Gasteiger partial charge in [-0.25, -0.2) is 12.8 Å². The standard InChI is InChI=1S/C20H22FN3O4S/c1-14-4-6-15(7-5-14)19(25)22-23-20(26)16-3-2-12-24(13-16)29(27,28)18-10-8-17(21)9-11-18/h4-11,16H,2-3,12-13H2,1H3,(H,22,25)(H,23,26)/t16-/m0/s1. The van der Waals surface area contributed by atoms with Crippen molar-refractivity contribution in [1.29, 1.82) is 0 Å². The Morgan fingerprint density at radius 1 is 1.03 bits per heavy atom. The van der Waals surface area contributed by atoms with Crippen molar-refractivity contribution in [3.05, 3.63) is 65.5 Å². The summed E-state index contributed by atoms with van der Waals surface area (Å²) in [6.07, 6.45) is 1.01. The minimum atomic E-state index is -3.82. The number of amides is 2. The van der Waals surface area contributed by atoms with E-state index in [4.69, 9.17) is 0 Å². The number of aryl methyl sites for hydroxylation is 1. The van der Waals surface area contributed by atoms with Crippen LogP contribution >= 0.6 is 0 Å². The number of benzene rings is 2. The highest BCUT2D eigenvalue weighted by molar-refractivity contribution is 7.89. The molecule has 2 aromatic rings. The van der Waals surface area contributed by atoms with E-state index >= 15 is 0 Å². The van der Waals surface area contributed by atoms with E-state index in [9.17, 15) is 22.4 Å². The highest BCUT2D eigenvalue weighted by atomic mass is 32.2.